The van der Waals surface area contributed by atoms with Crippen molar-refractivity contribution in [3.63, 3.8) is 0 Å². The highest BCUT2D eigenvalue weighted by atomic mass is 16.5. The van der Waals surface area contributed by atoms with Gasteiger partial charge in [-0.05, 0) is 26.9 Å². The second kappa shape index (κ2) is 4.70. The molecule has 11 heavy (non-hydrogen) atoms. The highest BCUT2D eigenvalue weighted by Gasteiger charge is 2.23. The summed E-state index contributed by atoms with van der Waals surface area (Å²) in [4.78, 5) is 0. The fraction of sp³-hybridized carbons (Fsp3) is 1.00. The van der Waals surface area contributed by atoms with Crippen LogP contribution in [0.25, 0.3) is 0 Å². The lowest BCUT2D eigenvalue weighted by Crippen LogP contribution is -2.27. The van der Waals surface area contributed by atoms with Crippen molar-refractivity contribution in [2.45, 2.75) is 25.0 Å². The molecule has 0 spiro atoms. The Kier molecular flexibility index (Phi) is 3.83. The molecule has 2 N–H and O–H groups in total. The van der Waals surface area contributed by atoms with E-state index in [-0.39, 0.29) is 0 Å². The van der Waals surface area contributed by atoms with E-state index in [1.54, 1.807) is 0 Å². The Bertz CT molecular complexity index is 96.3. The zero-order chi connectivity index (χ0) is 8.10. The lowest BCUT2D eigenvalue weighted by atomic mass is 10.2. The summed E-state index contributed by atoms with van der Waals surface area (Å²) in [5.41, 5.74) is 0. The average molecular weight is 158 g/mol. The molecule has 3 heteroatoms. The van der Waals surface area contributed by atoms with E-state index >= 15 is 0 Å². The van der Waals surface area contributed by atoms with Crippen molar-refractivity contribution in [3.8, 4) is 0 Å². The van der Waals surface area contributed by atoms with Crippen molar-refractivity contribution >= 4 is 0 Å². The molecule has 1 rings (SSSR count). The highest BCUT2D eigenvalue weighted by molar-refractivity contribution is 4.75. The fourth-order valence-corrected chi connectivity index (χ4v) is 1.54. The van der Waals surface area contributed by atoms with Gasteiger partial charge in [-0.15, -0.1) is 0 Å². The van der Waals surface area contributed by atoms with Crippen LogP contribution in [0.3, 0.4) is 0 Å². The first kappa shape index (κ1) is 8.97. The fourth-order valence-electron chi connectivity index (χ4n) is 1.54. The minimum atomic E-state index is 0.443. The minimum absolute atomic E-state index is 0.443. The largest absolute Gasteiger partial charge is 0.372 e. The zero-order valence-electron chi connectivity index (χ0n) is 7.39. The summed E-state index contributed by atoms with van der Waals surface area (Å²) in [6, 6.07) is 0. The molecule has 1 aliphatic rings. The van der Waals surface area contributed by atoms with E-state index < -0.39 is 0 Å². The van der Waals surface area contributed by atoms with Gasteiger partial charge in [0.05, 0.1) is 12.2 Å². The Hall–Kier alpha value is -0.120. The third kappa shape index (κ3) is 2.77. The number of ether oxygens (including phenoxy) is 1. The van der Waals surface area contributed by atoms with Gasteiger partial charge < -0.3 is 15.4 Å². The molecule has 0 saturated carbocycles. The number of hydrogen-bond donors (Lipinski definition) is 2. The summed E-state index contributed by atoms with van der Waals surface area (Å²) < 4.78 is 5.72. The van der Waals surface area contributed by atoms with Crippen LogP contribution >= 0.6 is 0 Å². The van der Waals surface area contributed by atoms with Crippen LogP contribution in [0.5, 0.6) is 0 Å². The molecule has 0 aromatic rings. The van der Waals surface area contributed by atoms with Gasteiger partial charge in [0.2, 0.25) is 0 Å². The molecule has 3 nitrogen and oxygen atoms in total. The average Bonchev–Trinajstić information content (AvgIpc) is 2.38. The maximum atomic E-state index is 5.72. The number of hydrogen-bond acceptors (Lipinski definition) is 3. The molecule has 0 aromatic heterocycles. The molecule has 0 aliphatic carbocycles. The number of nitrogens with one attached hydrogen (secondary N) is 2. The van der Waals surface area contributed by atoms with Gasteiger partial charge in [-0.1, -0.05) is 0 Å². The quantitative estimate of drug-likeness (QED) is 0.603. The molecule has 1 heterocycles. The van der Waals surface area contributed by atoms with Crippen molar-refractivity contribution < 1.29 is 4.74 Å². The van der Waals surface area contributed by atoms with Crippen molar-refractivity contribution in [1.82, 2.24) is 10.6 Å². The maximum Gasteiger partial charge on any atom is 0.0704 e. The van der Waals surface area contributed by atoms with E-state index in [0.29, 0.717) is 12.2 Å². The van der Waals surface area contributed by atoms with E-state index in [4.69, 9.17) is 4.74 Å². The second-order valence-corrected chi connectivity index (χ2v) is 3.07. The molecule has 0 amide bonds. The first-order chi connectivity index (χ1) is 5.36. The Morgan fingerprint density at radius 2 is 1.55 bits per heavy atom. The topological polar surface area (TPSA) is 33.3 Å². The first-order valence-electron chi connectivity index (χ1n) is 4.31. The molecule has 1 saturated heterocycles. The van der Waals surface area contributed by atoms with Gasteiger partial charge >= 0.3 is 0 Å². The van der Waals surface area contributed by atoms with Gasteiger partial charge in [0.1, 0.15) is 0 Å². The van der Waals surface area contributed by atoms with Crippen LogP contribution in [0.1, 0.15) is 12.8 Å². The predicted octanol–water partition coefficient (Wildman–Crippen LogP) is -0.0272. The summed E-state index contributed by atoms with van der Waals surface area (Å²) in [6.07, 6.45) is 3.29. The summed E-state index contributed by atoms with van der Waals surface area (Å²) in [5, 5.41) is 6.25. The van der Waals surface area contributed by atoms with E-state index in [1.807, 2.05) is 14.1 Å². The number of likely N-dealkylation sites (N-methyl/N-ethyl adjacent to an activating group) is 2. The standard InChI is InChI=1S/C8H18N2O/c1-9-5-7-3-4-8(11-7)6-10-2/h7-10H,3-6H2,1-2H3/t7-,8-/m1/s1. The molecule has 0 aromatic carbocycles. The molecular formula is C8H18N2O. The smallest absolute Gasteiger partial charge is 0.0704 e. The molecule has 1 aliphatic heterocycles. The van der Waals surface area contributed by atoms with Crippen LogP contribution in [0.15, 0.2) is 0 Å². The monoisotopic (exact) mass is 158 g/mol. The second-order valence-electron chi connectivity index (χ2n) is 3.07. The van der Waals surface area contributed by atoms with Crippen molar-refractivity contribution in [3.05, 3.63) is 0 Å². The van der Waals surface area contributed by atoms with E-state index in [9.17, 15) is 0 Å². The van der Waals surface area contributed by atoms with Gasteiger partial charge in [-0.3, -0.25) is 0 Å². The normalized spacial score (nSPS) is 31.1. The minimum Gasteiger partial charge on any atom is -0.372 e. The Balaban J connectivity index is 2.12. The van der Waals surface area contributed by atoms with Gasteiger partial charge in [0, 0.05) is 13.1 Å². The Morgan fingerprint density at radius 1 is 1.09 bits per heavy atom. The van der Waals surface area contributed by atoms with Crippen molar-refractivity contribution in [1.29, 1.82) is 0 Å². The van der Waals surface area contributed by atoms with Gasteiger partial charge in [0.25, 0.3) is 0 Å². The summed E-state index contributed by atoms with van der Waals surface area (Å²) in [5.74, 6) is 0. The summed E-state index contributed by atoms with van der Waals surface area (Å²) in [6.45, 7) is 1.97. The zero-order valence-corrected chi connectivity index (χ0v) is 7.39. The van der Waals surface area contributed by atoms with Crippen LogP contribution in [0.4, 0.5) is 0 Å². The summed E-state index contributed by atoms with van der Waals surface area (Å²) in [7, 11) is 3.93. The van der Waals surface area contributed by atoms with Crippen molar-refractivity contribution in [2.24, 2.45) is 0 Å². The van der Waals surface area contributed by atoms with Crippen LogP contribution < -0.4 is 10.6 Å². The third-order valence-electron chi connectivity index (χ3n) is 2.06. The molecule has 2 atom stereocenters. The van der Waals surface area contributed by atoms with Crippen LogP contribution in [0, 0.1) is 0 Å². The van der Waals surface area contributed by atoms with E-state index in [2.05, 4.69) is 10.6 Å². The lowest BCUT2D eigenvalue weighted by Gasteiger charge is -2.12. The highest BCUT2D eigenvalue weighted by Crippen LogP contribution is 2.18. The Labute approximate surface area is 68.5 Å². The van der Waals surface area contributed by atoms with Crippen molar-refractivity contribution in [2.75, 3.05) is 27.2 Å². The SMILES string of the molecule is CNC[C@H]1CC[C@H](CNC)O1. The molecule has 0 bridgehead atoms. The molecular weight excluding hydrogens is 140 g/mol. The van der Waals surface area contributed by atoms with Crippen LogP contribution in [-0.4, -0.2) is 39.4 Å². The molecule has 0 radical (unpaired) electrons. The molecule has 0 unspecified atom stereocenters. The van der Waals surface area contributed by atoms with Gasteiger partial charge in [-0.25, -0.2) is 0 Å². The maximum absolute atomic E-state index is 5.72. The Morgan fingerprint density at radius 3 is 1.91 bits per heavy atom. The lowest BCUT2D eigenvalue weighted by molar-refractivity contribution is 0.0479. The van der Waals surface area contributed by atoms with Crippen LogP contribution in [0.2, 0.25) is 0 Å². The van der Waals surface area contributed by atoms with Gasteiger partial charge in [-0.2, -0.15) is 0 Å². The van der Waals surface area contributed by atoms with E-state index in [0.717, 1.165) is 13.1 Å². The molecule has 1 fully saturated rings. The number of rotatable bonds is 4. The first-order valence-corrected chi connectivity index (χ1v) is 4.31. The molecule has 66 valence electrons. The summed E-state index contributed by atoms with van der Waals surface area (Å²) >= 11 is 0. The van der Waals surface area contributed by atoms with Gasteiger partial charge in [0.15, 0.2) is 0 Å². The van der Waals surface area contributed by atoms with E-state index in [1.165, 1.54) is 12.8 Å². The third-order valence-corrected chi connectivity index (χ3v) is 2.06. The van der Waals surface area contributed by atoms with Crippen LogP contribution in [-0.2, 0) is 4.74 Å². The predicted molar refractivity (Wildman–Crippen MR) is 45.7 cm³/mol.